The van der Waals surface area contributed by atoms with Crippen LogP contribution in [-0.4, -0.2) is 43.5 Å². The summed E-state index contributed by atoms with van der Waals surface area (Å²) < 4.78 is 0. The quantitative estimate of drug-likeness (QED) is 0.819. The van der Waals surface area contributed by atoms with E-state index < -0.39 is 0 Å². The third-order valence-corrected chi connectivity index (χ3v) is 3.40. The molecule has 1 heterocycles. The second-order valence-electron chi connectivity index (χ2n) is 4.75. The van der Waals surface area contributed by atoms with E-state index in [0.29, 0.717) is 23.7 Å². The molecule has 1 amide bonds. The van der Waals surface area contributed by atoms with Crippen LogP contribution < -0.4 is 10.6 Å². The number of amides is 1. The summed E-state index contributed by atoms with van der Waals surface area (Å²) in [5, 5.41) is 14.9. The largest absolute Gasteiger partial charge is 0.325 e. The Morgan fingerprint density at radius 2 is 2.26 bits per heavy atom. The molecule has 0 aromatic heterocycles. The lowest BCUT2D eigenvalue weighted by Crippen LogP contribution is -2.56. The van der Waals surface area contributed by atoms with Gasteiger partial charge in [-0.05, 0) is 19.2 Å². The highest BCUT2D eigenvalue weighted by Crippen LogP contribution is 2.13. The van der Waals surface area contributed by atoms with Gasteiger partial charge >= 0.3 is 0 Å². The van der Waals surface area contributed by atoms with Crippen molar-refractivity contribution < 1.29 is 4.79 Å². The molecule has 0 unspecified atom stereocenters. The zero-order valence-corrected chi connectivity index (χ0v) is 11.0. The van der Waals surface area contributed by atoms with Gasteiger partial charge in [0.05, 0.1) is 11.3 Å². The summed E-state index contributed by atoms with van der Waals surface area (Å²) >= 11 is 0. The molecule has 5 heteroatoms. The summed E-state index contributed by atoms with van der Waals surface area (Å²) in [7, 11) is 2.03. The van der Waals surface area contributed by atoms with E-state index in [1.165, 1.54) is 0 Å². The van der Waals surface area contributed by atoms with Crippen molar-refractivity contribution in [3.05, 3.63) is 29.8 Å². The molecule has 0 atom stereocenters. The number of para-hydroxylation sites is 1. The fourth-order valence-electron chi connectivity index (χ4n) is 1.95. The molecule has 19 heavy (non-hydrogen) atoms. The first-order valence-electron chi connectivity index (χ1n) is 6.40. The first kappa shape index (κ1) is 13.5. The van der Waals surface area contributed by atoms with Crippen LogP contribution in [-0.2, 0) is 4.79 Å². The molecule has 0 bridgehead atoms. The molecule has 5 nitrogen and oxygen atoms in total. The normalized spacial score (nSPS) is 14.8. The van der Waals surface area contributed by atoms with Crippen molar-refractivity contribution in [2.45, 2.75) is 12.5 Å². The maximum Gasteiger partial charge on any atom is 0.225 e. The minimum absolute atomic E-state index is 0.0539. The predicted molar refractivity (Wildman–Crippen MR) is 73.7 cm³/mol. The summed E-state index contributed by atoms with van der Waals surface area (Å²) in [5.41, 5.74) is 1.08. The van der Waals surface area contributed by atoms with E-state index in [9.17, 15) is 4.79 Å². The number of benzene rings is 1. The summed E-state index contributed by atoms with van der Waals surface area (Å²) in [6.45, 7) is 2.72. The van der Waals surface area contributed by atoms with Crippen LogP contribution in [0.2, 0.25) is 0 Å². The molecule has 2 rings (SSSR count). The Balaban J connectivity index is 1.82. The van der Waals surface area contributed by atoms with Gasteiger partial charge in [0.25, 0.3) is 0 Å². The fraction of sp³-hybridized carbons (Fsp3) is 0.429. The number of anilines is 1. The number of nitriles is 1. The minimum Gasteiger partial charge on any atom is -0.325 e. The van der Waals surface area contributed by atoms with Gasteiger partial charge < -0.3 is 15.5 Å². The number of nitrogens with zero attached hydrogens (tertiary/aromatic N) is 2. The molecule has 100 valence electrons. The van der Waals surface area contributed by atoms with E-state index in [1.807, 2.05) is 13.1 Å². The topological polar surface area (TPSA) is 68.2 Å². The van der Waals surface area contributed by atoms with Gasteiger partial charge in [-0.2, -0.15) is 5.26 Å². The van der Waals surface area contributed by atoms with E-state index in [0.717, 1.165) is 19.6 Å². The van der Waals surface area contributed by atoms with Gasteiger partial charge in [-0.15, -0.1) is 0 Å². The average Bonchev–Trinajstić information content (AvgIpc) is 2.35. The van der Waals surface area contributed by atoms with Gasteiger partial charge in [0.2, 0.25) is 5.91 Å². The molecule has 1 saturated heterocycles. The monoisotopic (exact) mass is 258 g/mol. The third-order valence-electron chi connectivity index (χ3n) is 3.40. The van der Waals surface area contributed by atoms with E-state index in [4.69, 9.17) is 5.26 Å². The van der Waals surface area contributed by atoms with Crippen LogP contribution >= 0.6 is 0 Å². The Morgan fingerprint density at radius 1 is 1.53 bits per heavy atom. The van der Waals surface area contributed by atoms with Gasteiger partial charge in [-0.1, -0.05) is 12.1 Å². The standard InChI is InChI=1S/C14H18N4O/c1-18(12-9-16-10-12)7-6-14(19)17-13-5-3-2-4-11(13)8-15/h2-5,12,16H,6-7,9-10H2,1H3,(H,17,19). The molecule has 1 aliphatic heterocycles. The van der Waals surface area contributed by atoms with Crippen molar-refractivity contribution in [2.75, 3.05) is 32.0 Å². The summed E-state index contributed by atoms with van der Waals surface area (Å²) in [5.74, 6) is -0.0539. The van der Waals surface area contributed by atoms with Crippen molar-refractivity contribution in [3.8, 4) is 6.07 Å². The molecule has 0 aliphatic carbocycles. The Bertz CT molecular complexity index is 490. The van der Waals surface area contributed by atoms with Crippen LogP contribution in [0.25, 0.3) is 0 Å². The number of nitrogens with one attached hydrogen (secondary N) is 2. The molecular formula is C14H18N4O. The molecule has 1 aromatic carbocycles. The Kier molecular flexibility index (Phi) is 4.50. The van der Waals surface area contributed by atoms with Crippen LogP contribution in [0.3, 0.4) is 0 Å². The molecule has 2 N–H and O–H groups in total. The van der Waals surface area contributed by atoms with Crippen molar-refractivity contribution in [3.63, 3.8) is 0 Å². The number of hydrogen-bond acceptors (Lipinski definition) is 4. The number of carbonyl (C=O) groups excluding carboxylic acids is 1. The molecule has 0 spiro atoms. The number of rotatable bonds is 5. The first-order chi connectivity index (χ1) is 9.20. The highest BCUT2D eigenvalue weighted by Gasteiger charge is 2.21. The lowest BCUT2D eigenvalue weighted by atomic mass is 10.1. The SMILES string of the molecule is CN(CCC(=O)Nc1ccccc1C#N)C1CNC1. The van der Waals surface area contributed by atoms with E-state index in [2.05, 4.69) is 21.6 Å². The average molecular weight is 258 g/mol. The second kappa shape index (κ2) is 6.32. The van der Waals surface area contributed by atoms with Crippen LogP contribution in [0.15, 0.2) is 24.3 Å². The van der Waals surface area contributed by atoms with Crippen molar-refractivity contribution >= 4 is 11.6 Å². The molecule has 1 aromatic rings. The van der Waals surface area contributed by atoms with Crippen LogP contribution in [0.5, 0.6) is 0 Å². The Labute approximate surface area is 113 Å². The number of likely N-dealkylation sites (N-methyl/N-ethyl adjacent to an activating group) is 1. The number of hydrogen-bond donors (Lipinski definition) is 2. The van der Waals surface area contributed by atoms with Crippen molar-refractivity contribution in [1.82, 2.24) is 10.2 Å². The van der Waals surface area contributed by atoms with Crippen molar-refractivity contribution in [1.29, 1.82) is 5.26 Å². The smallest absolute Gasteiger partial charge is 0.225 e. The second-order valence-corrected chi connectivity index (χ2v) is 4.75. The van der Waals surface area contributed by atoms with E-state index in [-0.39, 0.29) is 5.91 Å². The van der Waals surface area contributed by atoms with Crippen LogP contribution in [0.4, 0.5) is 5.69 Å². The molecule has 0 radical (unpaired) electrons. The lowest BCUT2D eigenvalue weighted by Gasteiger charge is -2.35. The van der Waals surface area contributed by atoms with Crippen molar-refractivity contribution in [2.24, 2.45) is 0 Å². The highest BCUT2D eigenvalue weighted by molar-refractivity contribution is 5.92. The van der Waals surface area contributed by atoms with Crippen LogP contribution in [0.1, 0.15) is 12.0 Å². The first-order valence-corrected chi connectivity index (χ1v) is 6.40. The predicted octanol–water partition coefficient (Wildman–Crippen LogP) is 0.790. The minimum atomic E-state index is -0.0539. The molecule has 0 saturated carbocycles. The van der Waals surface area contributed by atoms with Gasteiger partial charge in [-0.25, -0.2) is 0 Å². The third kappa shape index (κ3) is 3.53. The van der Waals surface area contributed by atoms with E-state index in [1.54, 1.807) is 18.2 Å². The van der Waals surface area contributed by atoms with E-state index >= 15 is 0 Å². The Hall–Kier alpha value is -1.90. The fourth-order valence-corrected chi connectivity index (χ4v) is 1.95. The maximum atomic E-state index is 11.9. The summed E-state index contributed by atoms with van der Waals surface area (Å²) in [6.07, 6.45) is 0.437. The lowest BCUT2D eigenvalue weighted by molar-refractivity contribution is -0.116. The molecule has 1 fully saturated rings. The van der Waals surface area contributed by atoms with Gasteiger partial charge in [0.1, 0.15) is 6.07 Å². The zero-order valence-electron chi connectivity index (χ0n) is 11.0. The van der Waals surface area contributed by atoms with Crippen LogP contribution in [0, 0.1) is 11.3 Å². The molecule has 1 aliphatic rings. The Morgan fingerprint density at radius 3 is 2.89 bits per heavy atom. The highest BCUT2D eigenvalue weighted by atomic mass is 16.1. The summed E-state index contributed by atoms with van der Waals surface area (Å²) in [6, 6.07) is 9.64. The van der Waals surface area contributed by atoms with Gasteiger partial charge in [0.15, 0.2) is 0 Å². The summed E-state index contributed by atoms with van der Waals surface area (Å²) in [4.78, 5) is 14.0. The van der Waals surface area contributed by atoms with Gasteiger partial charge in [-0.3, -0.25) is 4.79 Å². The number of carbonyl (C=O) groups is 1. The zero-order chi connectivity index (χ0) is 13.7. The maximum absolute atomic E-state index is 11.9. The van der Waals surface area contributed by atoms with Gasteiger partial charge in [0, 0.05) is 32.1 Å². The molecular weight excluding hydrogens is 240 g/mol.